The molecule has 16 heavy (non-hydrogen) atoms. The zero-order valence-corrected chi connectivity index (χ0v) is 12.5. The second-order valence-corrected chi connectivity index (χ2v) is 4.08. The summed E-state index contributed by atoms with van der Waals surface area (Å²) in [7, 11) is 0. The van der Waals surface area contributed by atoms with Crippen LogP contribution < -0.4 is 45.5 Å². The molecule has 1 heterocycles. The third-order valence-corrected chi connectivity index (χ3v) is 2.39. The molecule has 78 valence electrons. The number of rotatable bonds is 2. The molecule has 0 fully saturated rings. The van der Waals surface area contributed by atoms with Gasteiger partial charge in [-0.1, -0.05) is 18.2 Å². The molecule has 1 unspecified atom stereocenters. The van der Waals surface area contributed by atoms with E-state index in [-0.39, 0.29) is 29.6 Å². The minimum absolute atomic E-state index is 0. The predicted octanol–water partition coefficient (Wildman–Crippen LogP) is -1.85. The van der Waals surface area contributed by atoms with Crippen molar-refractivity contribution in [2.45, 2.75) is 5.12 Å². The van der Waals surface area contributed by atoms with Crippen LogP contribution in [0.15, 0.2) is 35.3 Å². The van der Waals surface area contributed by atoms with Crippen molar-refractivity contribution in [3.8, 4) is 0 Å². The largest absolute Gasteiger partial charge is 1.00 e. The molecule has 0 spiro atoms. The van der Waals surface area contributed by atoms with Crippen LogP contribution in [0.5, 0.6) is 0 Å². The van der Waals surface area contributed by atoms with Gasteiger partial charge in [0, 0.05) is 5.69 Å². The van der Waals surface area contributed by atoms with E-state index in [0.717, 1.165) is 5.69 Å². The third-order valence-electron chi connectivity index (χ3n) is 1.83. The normalized spacial score (nSPS) is 22.7. The van der Waals surface area contributed by atoms with Gasteiger partial charge in [0.25, 0.3) is 5.12 Å². The molecule has 0 radical (unpaired) electrons. The van der Waals surface area contributed by atoms with E-state index in [0.29, 0.717) is 5.11 Å². The molecular weight excluding hydrogens is 251 g/mol. The summed E-state index contributed by atoms with van der Waals surface area (Å²) >= 11 is 9.34. The molecule has 0 amide bonds. The van der Waals surface area contributed by atoms with E-state index in [1.165, 1.54) is 6.34 Å². The first kappa shape index (κ1) is 13.8. The Balaban J connectivity index is 0.00000128. The molecule has 0 aromatic heterocycles. The van der Waals surface area contributed by atoms with Gasteiger partial charge >= 0.3 is 29.6 Å². The van der Waals surface area contributed by atoms with Crippen LogP contribution in [-0.4, -0.2) is 16.6 Å². The van der Waals surface area contributed by atoms with Gasteiger partial charge in [-0.25, -0.2) is 4.99 Å². The summed E-state index contributed by atoms with van der Waals surface area (Å²) < 4.78 is 0. The van der Waals surface area contributed by atoms with E-state index in [9.17, 15) is 0 Å². The summed E-state index contributed by atoms with van der Waals surface area (Å²) in [4.78, 5) is 4.13. The van der Waals surface area contributed by atoms with Gasteiger partial charge in [-0.05, 0) is 24.4 Å². The van der Waals surface area contributed by atoms with Crippen LogP contribution in [0.1, 0.15) is 0 Å². The van der Waals surface area contributed by atoms with Crippen molar-refractivity contribution in [2.24, 2.45) is 4.99 Å². The first-order valence-electron chi connectivity index (χ1n) is 4.36. The van der Waals surface area contributed by atoms with Gasteiger partial charge in [0.15, 0.2) is 5.11 Å². The fraction of sp³-hybridized carbons (Fsp3) is 0.111. The molecule has 0 saturated carbocycles. The number of hydrogen-bond acceptors (Lipinski definition) is 4. The number of aliphatic imine (C=N–C) groups is 1. The number of anilines is 1. The van der Waals surface area contributed by atoms with Gasteiger partial charge in [0.2, 0.25) is 0 Å². The molecule has 1 aliphatic rings. The Morgan fingerprint density at radius 2 is 2.00 bits per heavy atom. The van der Waals surface area contributed by atoms with Crippen LogP contribution in [0.25, 0.3) is 0 Å². The van der Waals surface area contributed by atoms with Gasteiger partial charge in [-0.2, -0.15) is 0 Å². The monoisotopic (exact) mass is 261 g/mol. The third kappa shape index (κ3) is 3.64. The second kappa shape index (κ2) is 5.88. The van der Waals surface area contributed by atoms with Gasteiger partial charge in [0.05, 0.1) is 6.34 Å². The van der Waals surface area contributed by atoms with E-state index in [1.54, 1.807) is 0 Å². The predicted molar refractivity (Wildman–Crippen MR) is 69.1 cm³/mol. The van der Waals surface area contributed by atoms with Crippen molar-refractivity contribution < 1.29 is 29.6 Å². The Hall–Kier alpha value is -0.270. The van der Waals surface area contributed by atoms with Crippen LogP contribution in [0, 0.1) is 0 Å². The standard InChI is InChI=1S/C9H10N4S2.Na/c14-8-10-6-11-9(15,13-8)12-7-4-2-1-3-5-7;/h1-6,12,15H,(H2,10,11,13,14);/q;+1. The molecule has 1 aliphatic heterocycles. The Labute approximate surface area is 127 Å². The fourth-order valence-electron chi connectivity index (χ4n) is 1.20. The topological polar surface area (TPSA) is 48.5 Å². The SMILES string of the molecule is S=C1NC=NC(S)(Nc2ccccc2)N1.[Na+]. The first-order valence-corrected chi connectivity index (χ1v) is 5.21. The maximum Gasteiger partial charge on any atom is 1.00 e. The number of thiocarbonyl (C=S) groups is 1. The van der Waals surface area contributed by atoms with E-state index in [1.807, 2.05) is 30.3 Å². The van der Waals surface area contributed by atoms with Crippen LogP contribution in [-0.2, 0) is 0 Å². The summed E-state index contributed by atoms with van der Waals surface area (Å²) in [6, 6.07) is 9.67. The minimum Gasteiger partial charge on any atom is -0.335 e. The number of nitrogens with one attached hydrogen (secondary N) is 3. The number of benzene rings is 1. The van der Waals surface area contributed by atoms with E-state index in [4.69, 9.17) is 12.2 Å². The summed E-state index contributed by atoms with van der Waals surface area (Å²) in [5, 5.41) is 8.40. The van der Waals surface area contributed by atoms with E-state index in [2.05, 4.69) is 33.6 Å². The molecule has 0 aliphatic carbocycles. The molecule has 3 N–H and O–H groups in total. The zero-order chi connectivity index (χ0) is 10.7. The first-order chi connectivity index (χ1) is 7.18. The second-order valence-electron chi connectivity index (χ2n) is 3.02. The summed E-state index contributed by atoms with van der Waals surface area (Å²) in [5.41, 5.74) is 0.918. The molecule has 1 atom stereocenters. The molecule has 1 aromatic rings. The van der Waals surface area contributed by atoms with Crippen molar-refractivity contribution in [3.05, 3.63) is 30.3 Å². The van der Waals surface area contributed by atoms with E-state index >= 15 is 0 Å². The Kier molecular flexibility index (Phi) is 5.07. The molecule has 7 heteroatoms. The molecular formula is C9H10N4NaS2+. The van der Waals surface area contributed by atoms with Crippen molar-refractivity contribution in [1.29, 1.82) is 0 Å². The Morgan fingerprint density at radius 3 is 2.62 bits per heavy atom. The van der Waals surface area contributed by atoms with Crippen molar-refractivity contribution >= 4 is 42.0 Å². The van der Waals surface area contributed by atoms with Crippen molar-refractivity contribution in [2.75, 3.05) is 5.32 Å². The molecule has 0 bridgehead atoms. The summed E-state index contributed by atoms with van der Waals surface area (Å²) in [6.07, 6.45) is 1.52. The minimum atomic E-state index is -0.885. The Bertz CT molecular complexity index is 398. The van der Waals surface area contributed by atoms with E-state index < -0.39 is 5.12 Å². The molecule has 0 saturated heterocycles. The van der Waals surface area contributed by atoms with Crippen LogP contribution in [0.3, 0.4) is 0 Å². The number of hydrogen-bond donors (Lipinski definition) is 4. The molecule has 1 aromatic carbocycles. The molecule has 2 rings (SSSR count). The Morgan fingerprint density at radius 1 is 1.31 bits per heavy atom. The average Bonchev–Trinajstić information content (AvgIpc) is 2.18. The maximum atomic E-state index is 4.97. The van der Waals surface area contributed by atoms with Crippen LogP contribution >= 0.6 is 24.8 Å². The summed E-state index contributed by atoms with van der Waals surface area (Å²) in [5.74, 6) is 0. The number of thiol groups is 1. The quantitative estimate of drug-likeness (QED) is 0.218. The fourth-order valence-corrected chi connectivity index (χ4v) is 1.77. The number of para-hydroxylation sites is 1. The zero-order valence-electron chi connectivity index (χ0n) is 8.77. The van der Waals surface area contributed by atoms with Crippen LogP contribution in [0.4, 0.5) is 5.69 Å². The van der Waals surface area contributed by atoms with Crippen LogP contribution in [0.2, 0.25) is 0 Å². The van der Waals surface area contributed by atoms with Gasteiger partial charge in [-0.3, -0.25) is 0 Å². The van der Waals surface area contributed by atoms with Gasteiger partial charge in [0.1, 0.15) is 0 Å². The summed E-state index contributed by atoms with van der Waals surface area (Å²) in [6.45, 7) is 0. The van der Waals surface area contributed by atoms with Gasteiger partial charge < -0.3 is 16.0 Å². The van der Waals surface area contributed by atoms with Gasteiger partial charge in [-0.15, -0.1) is 12.6 Å². The van der Waals surface area contributed by atoms with Crippen molar-refractivity contribution in [1.82, 2.24) is 10.6 Å². The smallest absolute Gasteiger partial charge is 0.335 e. The number of nitrogens with zero attached hydrogens (tertiary/aromatic N) is 1. The maximum absolute atomic E-state index is 4.97. The average molecular weight is 261 g/mol. The molecule has 4 nitrogen and oxygen atoms in total. The van der Waals surface area contributed by atoms with Crippen molar-refractivity contribution in [3.63, 3.8) is 0 Å².